The van der Waals surface area contributed by atoms with Crippen molar-refractivity contribution >= 4 is 24.1 Å². The minimum absolute atomic E-state index is 0.0643. The highest BCUT2D eigenvalue weighted by Crippen LogP contribution is 2.15. The van der Waals surface area contributed by atoms with Crippen LogP contribution < -0.4 is 5.32 Å². The molecule has 0 aliphatic rings. The third kappa shape index (κ3) is 15.5. The Hall–Kier alpha value is -2.12. The summed E-state index contributed by atoms with van der Waals surface area (Å²) in [4.78, 5) is 43.2. The largest absolute Gasteiger partial charge is 0.481 e. The molecule has 1 amide bonds. The molecule has 0 rings (SSSR count). The van der Waals surface area contributed by atoms with E-state index in [1.165, 1.54) is 0 Å². The van der Waals surface area contributed by atoms with Crippen molar-refractivity contribution in [1.29, 1.82) is 0 Å². The molecule has 0 saturated heterocycles. The number of hydrogen-bond donors (Lipinski definition) is 4. The molecule has 0 spiro atoms. The molecule has 168 valence electrons. The zero-order valence-corrected chi connectivity index (χ0v) is 16.2. The van der Waals surface area contributed by atoms with Crippen molar-refractivity contribution in [2.45, 2.75) is 24.9 Å². The second-order valence-electron chi connectivity index (χ2n) is 5.84. The summed E-state index contributed by atoms with van der Waals surface area (Å²) in [5.41, 5.74) is -2.66. The number of carboxylic acid groups (broad SMARTS) is 2. The summed E-state index contributed by atoms with van der Waals surface area (Å²) in [5, 5.41) is 29.6. The van der Waals surface area contributed by atoms with Crippen LogP contribution in [0, 0.1) is 0 Å². The summed E-state index contributed by atoms with van der Waals surface area (Å²) in [6.07, 6.45) is -0.811. The molecule has 29 heavy (non-hydrogen) atoms. The van der Waals surface area contributed by atoms with Gasteiger partial charge in [0.2, 0.25) is 5.91 Å². The number of ether oxygens (including phenoxy) is 4. The van der Waals surface area contributed by atoms with E-state index < -0.39 is 36.3 Å². The van der Waals surface area contributed by atoms with Crippen LogP contribution in [0.3, 0.4) is 0 Å². The Labute approximate surface area is 168 Å². The van der Waals surface area contributed by atoms with Gasteiger partial charge in [0, 0.05) is 13.0 Å². The highest BCUT2D eigenvalue weighted by molar-refractivity contribution is 5.90. The van der Waals surface area contributed by atoms with Crippen LogP contribution in [0.15, 0.2) is 0 Å². The maximum Gasteiger partial charge on any atom is 0.336 e. The van der Waals surface area contributed by atoms with Crippen molar-refractivity contribution in [2.75, 3.05) is 59.4 Å². The zero-order valence-electron chi connectivity index (χ0n) is 16.2. The molecule has 0 bridgehead atoms. The molecule has 0 radical (unpaired) electrons. The number of carboxylic acids is 2. The topological polar surface area (TPSA) is 178 Å². The van der Waals surface area contributed by atoms with Gasteiger partial charge in [-0.25, -0.2) is 4.79 Å². The summed E-state index contributed by atoms with van der Waals surface area (Å²) in [7, 11) is 0. The lowest BCUT2D eigenvalue weighted by Gasteiger charge is -2.20. The standard InChI is InChI=1S/C17H29NO11/c19-3-1-4-26-6-8-28-10-11-29-9-7-27-5-2-18-14(20)12-17(25,16(23)24)13-15(21)22/h3,25H,1-2,4-13H2,(H,18,20)(H,21,22)(H,23,24). The number of carbonyl (C=O) groups is 4. The normalized spacial score (nSPS) is 12.9. The molecule has 0 aliphatic carbocycles. The van der Waals surface area contributed by atoms with Gasteiger partial charge in [-0.3, -0.25) is 9.59 Å². The molecule has 0 fully saturated rings. The second-order valence-corrected chi connectivity index (χ2v) is 5.84. The van der Waals surface area contributed by atoms with Gasteiger partial charge >= 0.3 is 11.9 Å². The summed E-state index contributed by atoms with van der Waals surface area (Å²) in [5.74, 6) is -4.11. The van der Waals surface area contributed by atoms with Gasteiger partial charge in [-0.15, -0.1) is 0 Å². The predicted octanol–water partition coefficient (Wildman–Crippen LogP) is -1.56. The van der Waals surface area contributed by atoms with Gasteiger partial charge in [0.15, 0.2) is 5.60 Å². The molecule has 0 aromatic rings. The Morgan fingerprint density at radius 2 is 1.28 bits per heavy atom. The second kappa shape index (κ2) is 16.8. The molecule has 0 heterocycles. The summed E-state index contributed by atoms with van der Waals surface area (Å²) in [6, 6.07) is 0. The highest BCUT2D eigenvalue weighted by atomic mass is 16.6. The lowest BCUT2D eigenvalue weighted by atomic mass is 9.95. The van der Waals surface area contributed by atoms with E-state index in [9.17, 15) is 24.3 Å². The summed E-state index contributed by atoms with van der Waals surface area (Å²) < 4.78 is 20.8. The third-order valence-corrected chi connectivity index (χ3v) is 3.36. The van der Waals surface area contributed by atoms with Gasteiger partial charge in [0.25, 0.3) is 0 Å². The van der Waals surface area contributed by atoms with Crippen molar-refractivity contribution in [3.63, 3.8) is 0 Å². The fraction of sp³-hybridized carbons (Fsp3) is 0.765. The van der Waals surface area contributed by atoms with Crippen molar-refractivity contribution in [3.05, 3.63) is 0 Å². The van der Waals surface area contributed by atoms with Crippen LogP contribution in [0.5, 0.6) is 0 Å². The molecule has 0 aromatic carbocycles. The number of aliphatic carboxylic acids is 2. The van der Waals surface area contributed by atoms with Crippen LogP contribution >= 0.6 is 0 Å². The van der Waals surface area contributed by atoms with Crippen LogP contribution in [0.2, 0.25) is 0 Å². The fourth-order valence-corrected chi connectivity index (χ4v) is 1.95. The molecule has 0 saturated carbocycles. The molecular weight excluding hydrogens is 394 g/mol. The lowest BCUT2D eigenvalue weighted by molar-refractivity contribution is -0.167. The minimum atomic E-state index is -2.66. The Morgan fingerprint density at radius 1 is 0.793 bits per heavy atom. The van der Waals surface area contributed by atoms with Gasteiger partial charge in [-0.2, -0.15) is 0 Å². The van der Waals surface area contributed by atoms with Crippen LogP contribution in [-0.4, -0.2) is 104 Å². The molecule has 12 nitrogen and oxygen atoms in total. The monoisotopic (exact) mass is 423 g/mol. The first-order chi connectivity index (χ1) is 13.8. The van der Waals surface area contributed by atoms with Crippen LogP contribution in [0.4, 0.5) is 0 Å². The number of aliphatic hydroxyl groups is 1. The molecule has 1 atom stereocenters. The maximum absolute atomic E-state index is 11.6. The first kappa shape index (κ1) is 26.9. The van der Waals surface area contributed by atoms with E-state index in [2.05, 4.69) is 5.32 Å². The van der Waals surface area contributed by atoms with Crippen LogP contribution in [0.25, 0.3) is 0 Å². The van der Waals surface area contributed by atoms with E-state index in [1.54, 1.807) is 0 Å². The van der Waals surface area contributed by atoms with Crippen molar-refractivity contribution in [1.82, 2.24) is 5.32 Å². The van der Waals surface area contributed by atoms with Gasteiger partial charge in [-0.1, -0.05) is 0 Å². The van der Waals surface area contributed by atoms with Crippen molar-refractivity contribution < 1.29 is 53.4 Å². The average Bonchev–Trinajstić information content (AvgIpc) is 2.64. The van der Waals surface area contributed by atoms with Gasteiger partial charge in [0.1, 0.15) is 6.29 Å². The SMILES string of the molecule is O=CCCOCCOCCOCCOCCNC(=O)CC(O)(CC(=O)O)C(=O)O. The molecule has 4 N–H and O–H groups in total. The van der Waals surface area contributed by atoms with Gasteiger partial charge in [-0.05, 0) is 0 Å². The third-order valence-electron chi connectivity index (χ3n) is 3.36. The number of carbonyl (C=O) groups excluding carboxylic acids is 2. The van der Waals surface area contributed by atoms with E-state index in [0.717, 1.165) is 6.29 Å². The first-order valence-electron chi connectivity index (χ1n) is 9.00. The van der Waals surface area contributed by atoms with E-state index in [0.29, 0.717) is 46.1 Å². The molecule has 0 aromatic heterocycles. The molecule has 1 unspecified atom stereocenters. The molecule has 0 aliphatic heterocycles. The first-order valence-corrected chi connectivity index (χ1v) is 9.00. The van der Waals surface area contributed by atoms with E-state index in [1.807, 2.05) is 0 Å². The smallest absolute Gasteiger partial charge is 0.336 e. The number of hydrogen-bond acceptors (Lipinski definition) is 9. The van der Waals surface area contributed by atoms with Crippen LogP contribution in [0.1, 0.15) is 19.3 Å². The quantitative estimate of drug-likeness (QED) is 0.131. The van der Waals surface area contributed by atoms with E-state index >= 15 is 0 Å². The number of rotatable bonds is 20. The Kier molecular flexibility index (Phi) is 15.6. The molecular formula is C17H29NO11. The van der Waals surface area contributed by atoms with E-state index in [4.69, 9.17) is 29.2 Å². The molecule has 12 heteroatoms. The van der Waals surface area contributed by atoms with E-state index in [-0.39, 0.29) is 19.8 Å². The minimum Gasteiger partial charge on any atom is -0.481 e. The predicted molar refractivity (Wildman–Crippen MR) is 96.4 cm³/mol. The van der Waals surface area contributed by atoms with Crippen molar-refractivity contribution in [2.24, 2.45) is 0 Å². The highest BCUT2D eigenvalue weighted by Gasteiger charge is 2.40. The van der Waals surface area contributed by atoms with Crippen molar-refractivity contribution in [3.8, 4) is 0 Å². The number of amides is 1. The Bertz CT molecular complexity index is 500. The average molecular weight is 423 g/mol. The Balaban J connectivity index is 3.56. The summed E-state index contributed by atoms with van der Waals surface area (Å²) >= 11 is 0. The lowest BCUT2D eigenvalue weighted by Crippen LogP contribution is -2.45. The van der Waals surface area contributed by atoms with Crippen LogP contribution in [-0.2, 0) is 38.1 Å². The number of nitrogens with one attached hydrogen (secondary N) is 1. The maximum atomic E-state index is 11.6. The zero-order chi connectivity index (χ0) is 22.0. The number of aldehydes is 1. The van der Waals surface area contributed by atoms with Gasteiger partial charge < -0.3 is 44.4 Å². The Morgan fingerprint density at radius 3 is 1.72 bits per heavy atom. The summed E-state index contributed by atoms with van der Waals surface area (Å²) in [6.45, 7) is 2.71. The van der Waals surface area contributed by atoms with Gasteiger partial charge in [0.05, 0.1) is 65.7 Å². The fourth-order valence-electron chi connectivity index (χ4n) is 1.95.